The molecule has 1 rings (SSSR count). The van der Waals surface area contributed by atoms with Crippen molar-refractivity contribution in [2.45, 2.75) is 19.8 Å². The molecule has 21 heavy (non-hydrogen) atoms. The summed E-state index contributed by atoms with van der Waals surface area (Å²) >= 11 is 0. The van der Waals surface area contributed by atoms with Crippen LogP contribution in [0.3, 0.4) is 0 Å². The lowest BCUT2D eigenvalue weighted by molar-refractivity contribution is -0.139. The fourth-order valence-electron chi connectivity index (χ4n) is 1.48. The minimum absolute atomic E-state index is 0.0922. The van der Waals surface area contributed by atoms with Gasteiger partial charge in [0, 0.05) is 12.1 Å². The van der Waals surface area contributed by atoms with Crippen molar-refractivity contribution < 1.29 is 19.4 Å². The number of hydrogen-bond donors (Lipinski definition) is 3. The average molecular weight is 293 g/mol. The Morgan fingerprint density at radius 1 is 1.38 bits per heavy atom. The summed E-state index contributed by atoms with van der Waals surface area (Å²) in [5, 5.41) is 15.9. The molecule has 0 heterocycles. The highest BCUT2D eigenvalue weighted by Crippen LogP contribution is 2.27. The second-order valence-corrected chi connectivity index (χ2v) is 4.21. The molecule has 7 heteroatoms. The summed E-state index contributed by atoms with van der Waals surface area (Å²) in [6.45, 7) is 2.43. The zero-order valence-electron chi connectivity index (χ0n) is 12.0. The maximum Gasteiger partial charge on any atom is 0.329 e. The minimum atomic E-state index is -0.857. The van der Waals surface area contributed by atoms with Gasteiger partial charge in [0.1, 0.15) is 0 Å². The number of aromatic hydroxyl groups is 1. The van der Waals surface area contributed by atoms with Gasteiger partial charge in [-0.1, -0.05) is 19.4 Å². The second kappa shape index (κ2) is 8.57. The molecule has 0 bridgehead atoms. The number of phenols is 1. The average Bonchev–Trinajstić information content (AvgIpc) is 2.49. The normalized spacial score (nSPS) is 10.4. The van der Waals surface area contributed by atoms with Crippen molar-refractivity contribution in [2.75, 3.05) is 13.7 Å². The van der Waals surface area contributed by atoms with E-state index in [0.717, 1.165) is 12.8 Å². The van der Waals surface area contributed by atoms with Crippen LogP contribution >= 0.6 is 0 Å². The summed E-state index contributed by atoms with van der Waals surface area (Å²) in [7, 11) is 1.43. The molecule has 0 spiro atoms. The van der Waals surface area contributed by atoms with Crippen LogP contribution in [-0.4, -0.2) is 36.8 Å². The van der Waals surface area contributed by atoms with Gasteiger partial charge < -0.3 is 15.2 Å². The van der Waals surface area contributed by atoms with E-state index >= 15 is 0 Å². The number of carbonyl (C=O) groups excluding carboxylic acids is 2. The van der Waals surface area contributed by atoms with Crippen LogP contribution in [0.25, 0.3) is 0 Å². The molecule has 2 amide bonds. The van der Waals surface area contributed by atoms with E-state index in [-0.39, 0.29) is 5.75 Å². The van der Waals surface area contributed by atoms with Gasteiger partial charge in [0.25, 0.3) is 0 Å². The van der Waals surface area contributed by atoms with Gasteiger partial charge in [0.2, 0.25) is 0 Å². The number of para-hydroxylation sites is 1. The highest BCUT2D eigenvalue weighted by Gasteiger charge is 2.11. The van der Waals surface area contributed by atoms with Crippen molar-refractivity contribution >= 4 is 18.0 Å². The van der Waals surface area contributed by atoms with Gasteiger partial charge in [0.15, 0.2) is 11.5 Å². The fraction of sp³-hybridized carbons (Fsp3) is 0.357. The molecule has 114 valence electrons. The number of hydrazone groups is 1. The van der Waals surface area contributed by atoms with Crippen molar-refractivity contribution in [2.24, 2.45) is 5.10 Å². The van der Waals surface area contributed by atoms with E-state index in [1.807, 2.05) is 6.92 Å². The number of nitrogens with one attached hydrogen (secondary N) is 2. The summed E-state index contributed by atoms with van der Waals surface area (Å²) in [6.07, 6.45) is 2.96. The molecule has 7 nitrogen and oxygen atoms in total. The molecule has 0 radical (unpaired) electrons. The molecule has 0 unspecified atom stereocenters. The number of nitrogens with zero attached hydrogens (tertiary/aromatic N) is 1. The molecule has 0 aliphatic carbocycles. The third-order valence-electron chi connectivity index (χ3n) is 2.64. The van der Waals surface area contributed by atoms with E-state index < -0.39 is 11.8 Å². The molecular weight excluding hydrogens is 274 g/mol. The molecule has 1 aromatic carbocycles. The Balaban J connectivity index is 2.54. The number of amides is 2. The highest BCUT2D eigenvalue weighted by molar-refractivity contribution is 6.35. The van der Waals surface area contributed by atoms with Gasteiger partial charge in [-0.3, -0.25) is 9.59 Å². The van der Waals surface area contributed by atoms with Gasteiger partial charge in [-0.05, 0) is 18.6 Å². The highest BCUT2D eigenvalue weighted by atomic mass is 16.5. The van der Waals surface area contributed by atoms with E-state index in [9.17, 15) is 14.7 Å². The van der Waals surface area contributed by atoms with Crippen LogP contribution in [0.2, 0.25) is 0 Å². The predicted octanol–water partition coefficient (Wildman–Crippen LogP) is 0.767. The SMILES string of the molecule is CCCCNC(=O)C(=O)N/N=C\c1cccc(OC)c1O. The third kappa shape index (κ3) is 5.13. The Labute approximate surface area is 123 Å². The first kappa shape index (κ1) is 16.5. The Kier molecular flexibility index (Phi) is 6.73. The Morgan fingerprint density at radius 3 is 2.81 bits per heavy atom. The maximum absolute atomic E-state index is 11.4. The Bertz CT molecular complexity index is 529. The number of rotatable bonds is 6. The topological polar surface area (TPSA) is 100 Å². The smallest absolute Gasteiger partial charge is 0.329 e. The first-order valence-electron chi connectivity index (χ1n) is 6.57. The molecular formula is C14H19N3O4. The monoisotopic (exact) mass is 293 g/mol. The van der Waals surface area contributed by atoms with Crippen LogP contribution in [0.15, 0.2) is 23.3 Å². The van der Waals surface area contributed by atoms with Crippen molar-refractivity contribution in [3.63, 3.8) is 0 Å². The van der Waals surface area contributed by atoms with Crippen molar-refractivity contribution in [1.82, 2.24) is 10.7 Å². The first-order chi connectivity index (χ1) is 10.1. The lowest BCUT2D eigenvalue weighted by Gasteiger charge is -2.05. The number of benzene rings is 1. The summed E-state index contributed by atoms with van der Waals surface area (Å²) in [5.74, 6) is -1.40. The lowest BCUT2D eigenvalue weighted by atomic mass is 10.2. The summed E-state index contributed by atoms with van der Waals surface area (Å²) in [5.41, 5.74) is 2.45. The van der Waals surface area contributed by atoms with Crippen molar-refractivity contribution in [3.8, 4) is 11.5 Å². The molecule has 3 N–H and O–H groups in total. The van der Waals surface area contributed by atoms with E-state index in [2.05, 4.69) is 15.8 Å². The molecule has 0 aliphatic rings. The molecule has 0 atom stereocenters. The summed E-state index contributed by atoms with van der Waals surface area (Å²) in [4.78, 5) is 22.8. The van der Waals surface area contributed by atoms with Gasteiger partial charge >= 0.3 is 11.8 Å². The van der Waals surface area contributed by atoms with Crippen LogP contribution in [0.5, 0.6) is 11.5 Å². The Hall–Kier alpha value is -2.57. The van der Waals surface area contributed by atoms with E-state index in [4.69, 9.17) is 4.74 Å². The zero-order chi connectivity index (χ0) is 15.7. The van der Waals surface area contributed by atoms with E-state index in [0.29, 0.717) is 17.9 Å². The van der Waals surface area contributed by atoms with Crippen LogP contribution in [0.1, 0.15) is 25.3 Å². The number of carbonyl (C=O) groups is 2. The van der Waals surface area contributed by atoms with Gasteiger partial charge in [-0.2, -0.15) is 5.10 Å². The molecule has 0 aliphatic heterocycles. The standard InChI is InChI=1S/C14H19N3O4/c1-3-4-8-15-13(19)14(20)17-16-9-10-6-5-7-11(21-2)12(10)18/h5-7,9,18H,3-4,8H2,1-2H3,(H,15,19)(H,17,20)/b16-9-. The quantitative estimate of drug-likeness (QED) is 0.312. The summed E-state index contributed by atoms with van der Waals surface area (Å²) in [6, 6.07) is 4.85. The molecule has 0 saturated heterocycles. The van der Waals surface area contributed by atoms with E-state index in [1.165, 1.54) is 13.3 Å². The lowest BCUT2D eigenvalue weighted by Crippen LogP contribution is -2.38. The van der Waals surface area contributed by atoms with E-state index in [1.54, 1.807) is 18.2 Å². The largest absolute Gasteiger partial charge is 0.504 e. The number of hydrogen-bond acceptors (Lipinski definition) is 5. The number of methoxy groups -OCH3 is 1. The minimum Gasteiger partial charge on any atom is -0.504 e. The third-order valence-corrected chi connectivity index (χ3v) is 2.64. The van der Waals surface area contributed by atoms with Crippen LogP contribution < -0.4 is 15.5 Å². The first-order valence-corrected chi connectivity index (χ1v) is 6.57. The number of phenolic OH excluding ortho intramolecular Hbond substituents is 1. The zero-order valence-corrected chi connectivity index (χ0v) is 12.0. The fourth-order valence-corrected chi connectivity index (χ4v) is 1.48. The van der Waals surface area contributed by atoms with Crippen molar-refractivity contribution in [3.05, 3.63) is 23.8 Å². The molecule has 0 aromatic heterocycles. The number of ether oxygens (including phenoxy) is 1. The predicted molar refractivity (Wildman–Crippen MR) is 78.3 cm³/mol. The maximum atomic E-state index is 11.4. The molecule has 0 fully saturated rings. The van der Waals surface area contributed by atoms with Gasteiger partial charge in [-0.15, -0.1) is 0 Å². The van der Waals surface area contributed by atoms with Gasteiger partial charge in [0.05, 0.1) is 13.3 Å². The van der Waals surface area contributed by atoms with Crippen LogP contribution in [0, 0.1) is 0 Å². The Morgan fingerprint density at radius 2 is 2.14 bits per heavy atom. The number of unbranched alkanes of at least 4 members (excludes halogenated alkanes) is 1. The second-order valence-electron chi connectivity index (χ2n) is 4.21. The van der Waals surface area contributed by atoms with Gasteiger partial charge in [-0.25, -0.2) is 5.43 Å². The van der Waals surface area contributed by atoms with Crippen LogP contribution in [-0.2, 0) is 9.59 Å². The van der Waals surface area contributed by atoms with Crippen molar-refractivity contribution in [1.29, 1.82) is 0 Å². The molecule has 0 saturated carbocycles. The summed E-state index contributed by atoms with van der Waals surface area (Å²) < 4.78 is 4.94. The molecule has 1 aromatic rings. The van der Waals surface area contributed by atoms with Crippen LogP contribution in [0.4, 0.5) is 0 Å².